The smallest absolute Gasteiger partial charge is 0.267 e. The minimum atomic E-state index is -3.94. The average Bonchev–Trinajstić information content (AvgIpc) is 2.78. The van der Waals surface area contributed by atoms with Crippen molar-refractivity contribution in [1.82, 2.24) is 4.98 Å². The molecular weight excluding hydrogens is 453 g/mol. The van der Waals surface area contributed by atoms with Crippen molar-refractivity contribution < 1.29 is 17.5 Å². The molecule has 0 fully saturated rings. The van der Waals surface area contributed by atoms with E-state index < -0.39 is 20.9 Å². The molecule has 0 aliphatic carbocycles. The first kappa shape index (κ1) is 23.6. The van der Waals surface area contributed by atoms with Gasteiger partial charge >= 0.3 is 0 Å². The Morgan fingerprint density at radius 2 is 1.82 bits per heavy atom. The second-order valence-corrected chi connectivity index (χ2v) is 10.6. The zero-order valence-corrected chi connectivity index (χ0v) is 19.9. The molecule has 0 unspecified atom stereocenters. The molecule has 1 aliphatic heterocycles. The van der Waals surface area contributed by atoms with Gasteiger partial charge in [0.2, 0.25) is 5.90 Å². The number of halogens is 1. The molecule has 6 nitrogen and oxygen atoms in total. The second-order valence-electron chi connectivity index (χ2n) is 8.88. The molecule has 1 aromatic heterocycles. The molecule has 2 atom stereocenters. The average molecular weight is 478 g/mol. The molecule has 4 rings (SSSR count). The number of sulfonamides is 1. The highest BCUT2D eigenvalue weighted by Crippen LogP contribution is 2.42. The van der Waals surface area contributed by atoms with E-state index in [9.17, 15) is 12.8 Å². The maximum atomic E-state index is 14.2. The fourth-order valence-corrected chi connectivity index (χ4v) is 6.12. The van der Waals surface area contributed by atoms with Crippen LogP contribution in [0.4, 0.5) is 4.39 Å². The van der Waals surface area contributed by atoms with Crippen LogP contribution >= 0.6 is 0 Å². The lowest BCUT2D eigenvalue weighted by molar-refractivity contribution is 0.0803. The van der Waals surface area contributed by atoms with Crippen molar-refractivity contribution in [3.05, 3.63) is 89.5 Å². The van der Waals surface area contributed by atoms with Crippen LogP contribution in [0, 0.1) is 17.1 Å². The van der Waals surface area contributed by atoms with Crippen LogP contribution in [-0.2, 0) is 14.8 Å². The van der Waals surface area contributed by atoms with Gasteiger partial charge in [-0.2, -0.15) is 5.26 Å². The maximum absolute atomic E-state index is 14.2. The SMILES string of the molecule is C[C@H](CC1=NS(=O)(=O)[C@H](c2ccc(-c3ccnc(C#N)c3)cc2)C(C)(C)O1)c1ccccc1F. The van der Waals surface area contributed by atoms with Crippen molar-refractivity contribution in [3.8, 4) is 17.2 Å². The lowest BCUT2D eigenvalue weighted by Gasteiger charge is -2.37. The third-order valence-electron chi connectivity index (χ3n) is 5.88. The Balaban J connectivity index is 1.61. The minimum Gasteiger partial charge on any atom is -0.472 e. The summed E-state index contributed by atoms with van der Waals surface area (Å²) in [6.45, 7) is 5.24. The summed E-state index contributed by atoms with van der Waals surface area (Å²) in [6, 6.07) is 18.9. The fraction of sp³-hybridized carbons (Fsp3) is 0.269. The van der Waals surface area contributed by atoms with Gasteiger partial charge in [0.05, 0.1) is 0 Å². The zero-order chi connectivity index (χ0) is 24.5. The van der Waals surface area contributed by atoms with E-state index >= 15 is 0 Å². The van der Waals surface area contributed by atoms with Crippen LogP contribution < -0.4 is 0 Å². The molecule has 2 aromatic carbocycles. The van der Waals surface area contributed by atoms with E-state index in [1.54, 1.807) is 74.6 Å². The normalized spacial score (nSPS) is 19.4. The molecule has 0 bridgehead atoms. The lowest BCUT2D eigenvalue weighted by Crippen LogP contribution is -2.43. The largest absolute Gasteiger partial charge is 0.472 e. The first-order chi connectivity index (χ1) is 16.1. The molecule has 0 saturated heterocycles. The molecule has 8 heteroatoms. The van der Waals surface area contributed by atoms with Crippen LogP contribution in [0.3, 0.4) is 0 Å². The Morgan fingerprint density at radius 3 is 2.47 bits per heavy atom. The Hall–Kier alpha value is -3.57. The van der Waals surface area contributed by atoms with Gasteiger partial charge in [0.15, 0.2) is 0 Å². The topological polar surface area (TPSA) is 92.4 Å². The standard InChI is InChI=1S/C26H24FN3O3S/c1-17(22-6-4-5-7-23(22)27)14-24-30-34(31,32)25(26(2,3)33-24)19-10-8-18(9-11-19)20-12-13-29-21(15-20)16-28/h4-13,15,17,25H,14H2,1-3H3/t17-,25-/m1/s1. The van der Waals surface area contributed by atoms with Crippen LogP contribution in [-0.4, -0.2) is 24.9 Å². The van der Waals surface area contributed by atoms with E-state index in [0.29, 0.717) is 16.8 Å². The van der Waals surface area contributed by atoms with Crippen LogP contribution in [0.15, 0.2) is 71.3 Å². The highest BCUT2D eigenvalue weighted by molar-refractivity contribution is 7.90. The number of benzene rings is 2. The Kier molecular flexibility index (Phi) is 6.24. The Morgan fingerprint density at radius 1 is 1.12 bits per heavy atom. The van der Waals surface area contributed by atoms with E-state index in [4.69, 9.17) is 10.00 Å². The number of nitrogens with zero attached hydrogens (tertiary/aromatic N) is 3. The van der Waals surface area contributed by atoms with Crippen LogP contribution in [0.2, 0.25) is 0 Å². The van der Waals surface area contributed by atoms with Gasteiger partial charge in [-0.25, -0.2) is 17.8 Å². The summed E-state index contributed by atoms with van der Waals surface area (Å²) in [6.07, 6.45) is 1.72. The summed E-state index contributed by atoms with van der Waals surface area (Å²) in [4.78, 5) is 3.97. The van der Waals surface area contributed by atoms with Crippen molar-refractivity contribution in [1.29, 1.82) is 5.26 Å². The number of hydrogen-bond donors (Lipinski definition) is 0. The van der Waals surface area contributed by atoms with Gasteiger partial charge in [0, 0.05) is 12.6 Å². The zero-order valence-electron chi connectivity index (χ0n) is 19.1. The molecule has 0 spiro atoms. The predicted molar refractivity (Wildman–Crippen MR) is 128 cm³/mol. The van der Waals surface area contributed by atoms with Gasteiger partial charge in [0.25, 0.3) is 10.0 Å². The number of ether oxygens (including phenoxy) is 1. The molecule has 2 heterocycles. The van der Waals surface area contributed by atoms with Crippen LogP contribution in [0.5, 0.6) is 0 Å². The number of hydrogen-bond acceptors (Lipinski definition) is 5. The van der Waals surface area contributed by atoms with Crippen LogP contribution in [0.1, 0.15) is 55.2 Å². The predicted octanol–water partition coefficient (Wildman–Crippen LogP) is 5.53. The van der Waals surface area contributed by atoms with Crippen molar-refractivity contribution in [2.45, 2.75) is 44.0 Å². The first-order valence-corrected chi connectivity index (χ1v) is 12.3. The van der Waals surface area contributed by atoms with Gasteiger partial charge < -0.3 is 4.74 Å². The molecular formula is C26H24FN3O3S. The summed E-state index contributed by atoms with van der Waals surface area (Å²) < 4.78 is 50.7. The Labute approximate surface area is 198 Å². The highest BCUT2D eigenvalue weighted by atomic mass is 32.2. The summed E-state index contributed by atoms with van der Waals surface area (Å²) in [5, 5.41) is 8.06. The van der Waals surface area contributed by atoms with Crippen molar-refractivity contribution in [3.63, 3.8) is 0 Å². The molecule has 0 amide bonds. The molecule has 0 N–H and O–H groups in total. The number of pyridine rings is 1. The third-order valence-corrected chi connectivity index (χ3v) is 7.77. The van der Waals surface area contributed by atoms with Gasteiger partial charge in [0.1, 0.15) is 28.4 Å². The van der Waals surface area contributed by atoms with Gasteiger partial charge in [-0.15, -0.1) is 4.40 Å². The highest BCUT2D eigenvalue weighted by Gasteiger charge is 2.47. The minimum absolute atomic E-state index is 0.0782. The van der Waals surface area contributed by atoms with E-state index in [-0.39, 0.29) is 24.1 Å². The molecule has 34 heavy (non-hydrogen) atoms. The third kappa shape index (κ3) is 4.70. The summed E-state index contributed by atoms with van der Waals surface area (Å²) in [5.41, 5.74) is 1.89. The van der Waals surface area contributed by atoms with Gasteiger partial charge in [-0.05, 0) is 60.2 Å². The molecule has 1 aliphatic rings. The quantitative estimate of drug-likeness (QED) is 0.482. The van der Waals surface area contributed by atoms with Crippen molar-refractivity contribution in [2.24, 2.45) is 4.40 Å². The molecule has 174 valence electrons. The number of aromatic nitrogens is 1. The van der Waals surface area contributed by atoms with Gasteiger partial charge in [-0.1, -0.05) is 49.4 Å². The Bertz CT molecular complexity index is 1390. The van der Waals surface area contributed by atoms with E-state index in [2.05, 4.69) is 9.38 Å². The summed E-state index contributed by atoms with van der Waals surface area (Å²) in [5.74, 6) is -0.572. The van der Waals surface area contributed by atoms with E-state index in [1.165, 1.54) is 6.07 Å². The first-order valence-electron chi connectivity index (χ1n) is 10.8. The second kappa shape index (κ2) is 8.99. The summed E-state index contributed by atoms with van der Waals surface area (Å²) in [7, 11) is -3.94. The van der Waals surface area contributed by atoms with E-state index in [1.807, 2.05) is 13.0 Å². The van der Waals surface area contributed by atoms with Gasteiger partial charge in [-0.3, -0.25) is 0 Å². The van der Waals surface area contributed by atoms with Crippen molar-refractivity contribution in [2.75, 3.05) is 0 Å². The lowest BCUT2D eigenvalue weighted by atomic mass is 9.94. The molecule has 3 aromatic rings. The number of nitriles is 1. The maximum Gasteiger partial charge on any atom is 0.267 e. The molecule has 0 radical (unpaired) electrons. The van der Waals surface area contributed by atoms with E-state index in [0.717, 1.165) is 11.1 Å². The van der Waals surface area contributed by atoms with Crippen LogP contribution in [0.25, 0.3) is 11.1 Å². The fourth-order valence-electron chi connectivity index (χ4n) is 4.35. The van der Waals surface area contributed by atoms with Crippen molar-refractivity contribution >= 4 is 15.9 Å². The molecule has 0 saturated carbocycles. The number of rotatable bonds is 5. The summed E-state index contributed by atoms with van der Waals surface area (Å²) >= 11 is 0. The monoisotopic (exact) mass is 477 g/mol.